The van der Waals surface area contributed by atoms with Gasteiger partial charge in [-0.3, -0.25) is 9.59 Å². The minimum Gasteiger partial charge on any atom is -0.312 e. The molecule has 1 atom stereocenters. The maximum absolute atomic E-state index is 12.5. The molecule has 8 heteroatoms. The third-order valence-corrected chi connectivity index (χ3v) is 5.88. The maximum atomic E-state index is 12.5. The molecule has 0 aliphatic carbocycles. The van der Waals surface area contributed by atoms with Crippen LogP contribution < -0.4 is 10.2 Å². The first kappa shape index (κ1) is 17.9. The number of carbonyl (C=O) groups is 2. The summed E-state index contributed by atoms with van der Waals surface area (Å²) >= 11 is 2.95. The van der Waals surface area contributed by atoms with Gasteiger partial charge in [-0.05, 0) is 29.9 Å². The average Bonchev–Trinajstić information content (AvgIpc) is 3.22. The van der Waals surface area contributed by atoms with Crippen LogP contribution in [0.4, 0.5) is 10.8 Å². The summed E-state index contributed by atoms with van der Waals surface area (Å²) in [5, 5.41) is 11.3. The summed E-state index contributed by atoms with van der Waals surface area (Å²) in [6.07, 6.45) is 1.13. The lowest BCUT2D eigenvalue weighted by molar-refractivity contribution is -0.122. The van der Waals surface area contributed by atoms with Crippen LogP contribution in [0.25, 0.3) is 0 Å². The van der Waals surface area contributed by atoms with Crippen molar-refractivity contribution in [3.63, 3.8) is 0 Å². The van der Waals surface area contributed by atoms with Crippen LogP contribution in [0.1, 0.15) is 25.8 Å². The number of nitrogens with zero attached hydrogens (tertiary/aromatic N) is 3. The number of amides is 2. The van der Waals surface area contributed by atoms with Crippen LogP contribution in [-0.2, 0) is 16.0 Å². The first-order valence-corrected chi connectivity index (χ1v) is 10.1. The van der Waals surface area contributed by atoms with Crippen LogP contribution >= 0.6 is 23.1 Å². The number of anilines is 2. The molecule has 1 aliphatic heterocycles. The highest BCUT2D eigenvalue weighted by molar-refractivity contribution is 8.01. The Hall–Kier alpha value is -1.93. The van der Waals surface area contributed by atoms with Gasteiger partial charge in [0.25, 0.3) is 0 Å². The third kappa shape index (κ3) is 4.19. The average molecular weight is 377 g/mol. The van der Waals surface area contributed by atoms with Crippen molar-refractivity contribution in [2.75, 3.05) is 22.5 Å². The van der Waals surface area contributed by atoms with E-state index >= 15 is 0 Å². The number of thioether (sulfide) groups is 1. The molecule has 1 aromatic carbocycles. The van der Waals surface area contributed by atoms with Gasteiger partial charge in [-0.25, -0.2) is 0 Å². The fourth-order valence-electron chi connectivity index (χ4n) is 2.73. The Morgan fingerprint density at radius 2 is 2.24 bits per heavy atom. The van der Waals surface area contributed by atoms with Gasteiger partial charge >= 0.3 is 0 Å². The minimum absolute atomic E-state index is 0.0205. The third-order valence-electron chi connectivity index (χ3n) is 4.03. The van der Waals surface area contributed by atoms with Crippen LogP contribution in [0.15, 0.2) is 28.6 Å². The number of nitrogens with one attached hydrogen (secondary N) is 1. The van der Waals surface area contributed by atoms with E-state index < -0.39 is 0 Å². The highest BCUT2D eigenvalue weighted by Crippen LogP contribution is 2.29. The molecular formula is C17H20N4O2S2. The molecule has 0 bridgehead atoms. The van der Waals surface area contributed by atoms with Crippen molar-refractivity contribution in [2.45, 2.75) is 31.0 Å². The molecule has 2 aromatic rings. The van der Waals surface area contributed by atoms with E-state index in [4.69, 9.17) is 0 Å². The van der Waals surface area contributed by atoms with Crippen molar-refractivity contribution >= 4 is 45.7 Å². The predicted molar refractivity (Wildman–Crippen MR) is 101 cm³/mol. The Morgan fingerprint density at radius 3 is 3.00 bits per heavy atom. The number of carbonyl (C=O) groups excluding carboxylic acids is 2. The van der Waals surface area contributed by atoms with E-state index in [0.717, 1.165) is 22.2 Å². The number of hydrogen-bond donors (Lipinski definition) is 1. The van der Waals surface area contributed by atoms with Crippen molar-refractivity contribution < 1.29 is 9.59 Å². The summed E-state index contributed by atoms with van der Waals surface area (Å²) in [4.78, 5) is 26.5. The molecule has 0 saturated carbocycles. The summed E-state index contributed by atoms with van der Waals surface area (Å²) in [6, 6.07) is 7.91. The quantitative estimate of drug-likeness (QED) is 0.619. The van der Waals surface area contributed by atoms with E-state index in [1.54, 1.807) is 16.7 Å². The Morgan fingerprint density at radius 1 is 1.40 bits per heavy atom. The first-order chi connectivity index (χ1) is 12.1. The molecule has 1 fully saturated rings. The van der Waals surface area contributed by atoms with Gasteiger partial charge in [0, 0.05) is 18.7 Å². The summed E-state index contributed by atoms with van der Waals surface area (Å²) in [6.45, 7) is 4.51. The van der Waals surface area contributed by atoms with Gasteiger partial charge in [-0.1, -0.05) is 49.1 Å². The Balaban J connectivity index is 1.65. The smallest absolute Gasteiger partial charge is 0.231 e. The van der Waals surface area contributed by atoms with Crippen LogP contribution in [0.2, 0.25) is 0 Å². The van der Waals surface area contributed by atoms with Gasteiger partial charge in [0.05, 0.1) is 5.92 Å². The molecule has 0 unspecified atom stereocenters. The van der Waals surface area contributed by atoms with E-state index in [0.29, 0.717) is 11.7 Å². The van der Waals surface area contributed by atoms with Gasteiger partial charge in [0.2, 0.25) is 16.9 Å². The highest BCUT2D eigenvalue weighted by atomic mass is 32.2. The molecule has 1 aliphatic rings. The lowest BCUT2D eigenvalue weighted by Gasteiger charge is -2.17. The second kappa shape index (κ2) is 7.97. The molecule has 3 rings (SSSR count). The molecule has 1 N–H and O–H groups in total. The van der Waals surface area contributed by atoms with Gasteiger partial charge < -0.3 is 10.2 Å². The maximum Gasteiger partial charge on any atom is 0.231 e. The van der Waals surface area contributed by atoms with Crippen molar-refractivity contribution in [2.24, 2.45) is 5.92 Å². The van der Waals surface area contributed by atoms with E-state index in [1.807, 2.05) is 31.2 Å². The standard InChI is InChI=1S/C17H20N4O2S2/c1-3-11-6-5-7-13(8-11)21-10-12(9-14(21)22)15(23)18-16-19-20-17(25-16)24-4-2/h5-8,12H,3-4,9-10H2,1-2H3,(H,18,19,23)/t12-/m0/s1. The van der Waals surface area contributed by atoms with E-state index in [1.165, 1.54) is 16.9 Å². The molecule has 25 heavy (non-hydrogen) atoms. The van der Waals surface area contributed by atoms with E-state index in [9.17, 15) is 9.59 Å². The second-order valence-electron chi connectivity index (χ2n) is 5.72. The molecule has 132 valence electrons. The van der Waals surface area contributed by atoms with Crippen molar-refractivity contribution in [1.82, 2.24) is 10.2 Å². The lowest BCUT2D eigenvalue weighted by atomic mass is 10.1. The van der Waals surface area contributed by atoms with Gasteiger partial charge in [0.1, 0.15) is 0 Å². The second-order valence-corrected chi connectivity index (χ2v) is 8.21. The van der Waals surface area contributed by atoms with Crippen molar-refractivity contribution in [3.8, 4) is 0 Å². The van der Waals surface area contributed by atoms with Crippen LogP contribution in [0.5, 0.6) is 0 Å². The number of benzene rings is 1. The fourth-order valence-corrected chi connectivity index (χ4v) is 4.38. The Labute approximate surface area is 155 Å². The van der Waals surface area contributed by atoms with Crippen molar-refractivity contribution in [3.05, 3.63) is 29.8 Å². The summed E-state index contributed by atoms with van der Waals surface area (Å²) in [5.74, 6) is 0.342. The number of aromatic nitrogens is 2. The number of rotatable bonds is 6. The molecule has 2 amide bonds. The monoisotopic (exact) mass is 376 g/mol. The fraction of sp³-hybridized carbons (Fsp3) is 0.412. The van der Waals surface area contributed by atoms with Gasteiger partial charge in [0.15, 0.2) is 4.34 Å². The van der Waals surface area contributed by atoms with E-state index in [-0.39, 0.29) is 24.2 Å². The first-order valence-electron chi connectivity index (χ1n) is 8.27. The Kier molecular flexibility index (Phi) is 5.70. The zero-order valence-corrected chi connectivity index (χ0v) is 15.8. The lowest BCUT2D eigenvalue weighted by Crippen LogP contribution is -2.28. The zero-order valence-electron chi connectivity index (χ0n) is 14.2. The summed E-state index contributed by atoms with van der Waals surface area (Å²) < 4.78 is 0.832. The molecule has 1 saturated heterocycles. The van der Waals surface area contributed by atoms with Gasteiger partial charge in [-0.15, -0.1) is 10.2 Å². The molecule has 2 heterocycles. The molecule has 1 aromatic heterocycles. The van der Waals surface area contributed by atoms with E-state index in [2.05, 4.69) is 22.4 Å². The molecule has 0 spiro atoms. The SMILES string of the molecule is CCSc1nnc(NC(=O)[C@H]2CC(=O)N(c3cccc(CC)c3)C2)s1. The van der Waals surface area contributed by atoms with Crippen LogP contribution in [-0.4, -0.2) is 34.3 Å². The van der Waals surface area contributed by atoms with Gasteiger partial charge in [-0.2, -0.15) is 0 Å². The van der Waals surface area contributed by atoms with Crippen LogP contribution in [0.3, 0.4) is 0 Å². The number of aryl methyl sites for hydroxylation is 1. The molecular weight excluding hydrogens is 356 g/mol. The normalized spacial score (nSPS) is 17.1. The zero-order chi connectivity index (χ0) is 17.8. The highest BCUT2D eigenvalue weighted by Gasteiger charge is 2.35. The predicted octanol–water partition coefficient (Wildman–Crippen LogP) is 3.20. The summed E-state index contributed by atoms with van der Waals surface area (Å²) in [7, 11) is 0. The number of hydrogen-bond acceptors (Lipinski definition) is 6. The summed E-state index contributed by atoms with van der Waals surface area (Å²) in [5.41, 5.74) is 2.03. The Bertz CT molecular complexity index is 778. The topological polar surface area (TPSA) is 75.2 Å². The van der Waals surface area contributed by atoms with Crippen molar-refractivity contribution in [1.29, 1.82) is 0 Å². The van der Waals surface area contributed by atoms with Crippen LogP contribution in [0, 0.1) is 5.92 Å². The molecule has 6 nitrogen and oxygen atoms in total. The largest absolute Gasteiger partial charge is 0.312 e. The minimum atomic E-state index is -0.371. The molecule has 0 radical (unpaired) electrons.